The van der Waals surface area contributed by atoms with Crippen LogP contribution >= 0.6 is 0 Å². The van der Waals surface area contributed by atoms with E-state index in [1.54, 1.807) is 0 Å². The number of aromatic nitrogens is 1. The molecule has 15 heteroatoms. The number of rotatable bonds is 3. The quantitative estimate of drug-likeness (QED) is 0.101. The molecule has 6 aromatic rings. The standard InChI is InChI=1S/C31H9F14N/c1-8-17(32)15(19(34)22(37)18(8)33)9-2-4-13-11(6-9)12-7-10(16-20(35)23(38)25(40)24(39)21(16)36)3-5-14(12)46(13)31-29(44)27(42)26(41)28(43)30(31)45/h2-7H,1H3. The van der Waals surface area contributed by atoms with Crippen molar-refractivity contribution in [1.82, 2.24) is 4.57 Å². The summed E-state index contributed by atoms with van der Waals surface area (Å²) in [5, 5.41) is -0.856. The van der Waals surface area contributed by atoms with Gasteiger partial charge in [0.05, 0.1) is 22.2 Å². The van der Waals surface area contributed by atoms with Crippen LogP contribution in [0.5, 0.6) is 0 Å². The van der Waals surface area contributed by atoms with Gasteiger partial charge in [-0.2, -0.15) is 0 Å². The van der Waals surface area contributed by atoms with Gasteiger partial charge in [-0.1, -0.05) is 12.1 Å². The summed E-state index contributed by atoms with van der Waals surface area (Å²) in [4.78, 5) is 0. The van der Waals surface area contributed by atoms with E-state index in [-0.39, 0.29) is 0 Å². The molecule has 1 aromatic heterocycles. The lowest BCUT2D eigenvalue weighted by Gasteiger charge is -2.13. The van der Waals surface area contributed by atoms with E-state index < -0.39 is 137 Å². The molecule has 236 valence electrons. The lowest BCUT2D eigenvalue weighted by molar-refractivity contribution is 0.376. The van der Waals surface area contributed by atoms with Crippen molar-refractivity contribution < 1.29 is 61.5 Å². The molecule has 0 N–H and O–H groups in total. The van der Waals surface area contributed by atoms with E-state index in [2.05, 4.69) is 0 Å². The third-order valence-corrected chi connectivity index (χ3v) is 7.45. The normalized spacial score (nSPS) is 11.8. The van der Waals surface area contributed by atoms with Gasteiger partial charge in [-0.3, -0.25) is 0 Å². The molecular weight excluding hydrogens is 652 g/mol. The fourth-order valence-corrected chi connectivity index (χ4v) is 5.23. The molecule has 46 heavy (non-hydrogen) atoms. The molecule has 0 atom stereocenters. The van der Waals surface area contributed by atoms with E-state index in [1.807, 2.05) is 0 Å². The van der Waals surface area contributed by atoms with Gasteiger partial charge < -0.3 is 4.57 Å². The van der Waals surface area contributed by atoms with Gasteiger partial charge in [-0.15, -0.1) is 0 Å². The first kappa shape index (κ1) is 30.9. The number of fused-ring (bicyclic) bond motifs is 3. The Morgan fingerprint density at radius 2 is 0.696 bits per heavy atom. The van der Waals surface area contributed by atoms with Gasteiger partial charge in [-0.25, -0.2) is 61.5 Å². The summed E-state index contributed by atoms with van der Waals surface area (Å²) in [5.74, 6) is -31.2. The number of benzene rings is 5. The molecule has 1 heterocycles. The third kappa shape index (κ3) is 4.09. The maximum absolute atomic E-state index is 15.0. The molecular formula is C31H9F14N. The van der Waals surface area contributed by atoms with Gasteiger partial charge in [-0.05, 0) is 42.3 Å². The number of nitrogens with zero attached hydrogens (tertiary/aromatic N) is 1. The Morgan fingerprint density at radius 3 is 1.11 bits per heavy atom. The fourth-order valence-electron chi connectivity index (χ4n) is 5.23. The predicted octanol–water partition coefficient (Wildman–Crippen LogP) is 10.4. The molecule has 1 nitrogen and oxygen atoms in total. The van der Waals surface area contributed by atoms with Crippen molar-refractivity contribution in [3.05, 3.63) is 123 Å². The van der Waals surface area contributed by atoms with Crippen LogP contribution < -0.4 is 0 Å². The minimum absolute atomic E-state index is 0.414. The van der Waals surface area contributed by atoms with E-state index in [1.165, 1.54) is 0 Å². The summed E-state index contributed by atoms with van der Waals surface area (Å²) in [6, 6.07) is 4.68. The Bertz CT molecular complexity index is 2110. The van der Waals surface area contributed by atoms with E-state index >= 15 is 13.2 Å². The summed E-state index contributed by atoms with van der Waals surface area (Å²) in [6.07, 6.45) is 0. The summed E-state index contributed by atoms with van der Waals surface area (Å²) in [6.45, 7) is 0.778. The molecule has 0 aliphatic carbocycles. The van der Waals surface area contributed by atoms with Gasteiger partial charge in [0.2, 0.25) is 11.6 Å². The zero-order valence-electron chi connectivity index (χ0n) is 22.2. The number of hydrogen-bond acceptors (Lipinski definition) is 0. The molecule has 0 amide bonds. The topological polar surface area (TPSA) is 4.93 Å². The minimum Gasteiger partial charge on any atom is -0.304 e. The van der Waals surface area contributed by atoms with Crippen molar-refractivity contribution in [2.75, 3.05) is 0 Å². The first-order valence-electron chi connectivity index (χ1n) is 12.5. The van der Waals surface area contributed by atoms with Crippen molar-refractivity contribution >= 4 is 21.8 Å². The van der Waals surface area contributed by atoms with E-state index in [9.17, 15) is 48.3 Å². The van der Waals surface area contributed by atoms with E-state index in [4.69, 9.17) is 0 Å². The van der Waals surface area contributed by atoms with Crippen LogP contribution in [0.2, 0.25) is 0 Å². The highest BCUT2D eigenvalue weighted by molar-refractivity contribution is 6.11. The highest BCUT2D eigenvalue weighted by atomic mass is 19.2. The van der Waals surface area contributed by atoms with Crippen molar-refractivity contribution in [3.8, 4) is 27.9 Å². The van der Waals surface area contributed by atoms with E-state index in [0.29, 0.717) is 16.7 Å². The lowest BCUT2D eigenvalue weighted by Crippen LogP contribution is -2.09. The van der Waals surface area contributed by atoms with Gasteiger partial charge in [0, 0.05) is 16.3 Å². The largest absolute Gasteiger partial charge is 0.304 e. The smallest absolute Gasteiger partial charge is 0.200 e. The van der Waals surface area contributed by atoms with Gasteiger partial charge >= 0.3 is 0 Å². The summed E-state index contributed by atoms with van der Waals surface area (Å²) in [7, 11) is 0. The molecule has 5 aromatic carbocycles. The molecule has 0 aliphatic rings. The second-order valence-electron chi connectivity index (χ2n) is 9.92. The Labute approximate surface area is 246 Å². The number of halogens is 14. The van der Waals surface area contributed by atoms with Gasteiger partial charge in [0.15, 0.2) is 64.0 Å². The van der Waals surface area contributed by atoms with E-state index in [0.717, 1.165) is 31.2 Å². The summed E-state index contributed by atoms with van der Waals surface area (Å²) >= 11 is 0. The lowest BCUT2D eigenvalue weighted by atomic mass is 9.97. The van der Waals surface area contributed by atoms with Crippen LogP contribution in [0.25, 0.3) is 49.7 Å². The highest BCUT2D eigenvalue weighted by Crippen LogP contribution is 2.42. The number of hydrogen-bond donors (Lipinski definition) is 0. The maximum Gasteiger partial charge on any atom is 0.200 e. The van der Waals surface area contributed by atoms with Gasteiger partial charge in [0.25, 0.3) is 0 Å². The molecule has 0 aliphatic heterocycles. The second kappa shape index (κ2) is 10.5. The Morgan fingerprint density at radius 1 is 0.370 bits per heavy atom. The van der Waals surface area contributed by atoms with Crippen molar-refractivity contribution in [1.29, 1.82) is 0 Å². The average Bonchev–Trinajstić information content (AvgIpc) is 3.35. The third-order valence-electron chi connectivity index (χ3n) is 7.45. The Kier molecular flexibility index (Phi) is 7.05. The average molecular weight is 661 g/mol. The second-order valence-corrected chi connectivity index (χ2v) is 9.92. The van der Waals surface area contributed by atoms with Crippen LogP contribution in [0.4, 0.5) is 61.5 Å². The first-order valence-corrected chi connectivity index (χ1v) is 12.5. The van der Waals surface area contributed by atoms with Crippen LogP contribution in [-0.4, -0.2) is 4.57 Å². The molecule has 0 radical (unpaired) electrons. The van der Waals surface area contributed by atoms with Crippen LogP contribution in [0.1, 0.15) is 5.56 Å². The van der Waals surface area contributed by atoms with Crippen molar-refractivity contribution in [3.63, 3.8) is 0 Å². The molecule has 0 bridgehead atoms. The molecule has 0 unspecified atom stereocenters. The molecule has 0 saturated heterocycles. The van der Waals surface area contributed by atoms with Crippen LogP contribution in [0.15, 0.2) is 36.4 Å². The summed E-state index contributed by atoms with van der Waals surface area (Å²) < 4.78 is 202. The molecule has 0 saturated carbocycles. The first-order chi connectivity index (χ1) is 21.6. The zero-order chi connectivity index (χ0) is 33.7. The van der Waals surface area contributed by atoms with Crippen LogP contribution in [-0.2, 0) is 0 Å². The predicted molar refractivity (Wildman–Crippen MR) is 136 cm³/mol. The molecule has 6 rings (SSSR count). The summed E-state index contributed by atoms with van der Waals surface area (Å²) in [5.41, 5.74) is -7.43. The van der Waals surface area contributed by atoms with Crippen molar-refractivity contribution in [2.24, 2.45) is 0 Å². The van der Waals surface area contributed by atoms with Crippen LogP contribution in [0.3, 0.4) is 0 Å². The monoisotopic (exact) mass is 661 g/mol. The van der Waals surface area contributed by atoms with Crippen molar-refractivity contribution in [2.45, 2.75) is 6.92 Å². The zero-order valence-corrected chi connectivity index (χ0v) is 22.2. The SMILES string of the molecule is Cc1c(F)c(F)c(F)c(-c2ccc3c(c2)c2cc(-c4c(F)c(F)c(F)c(F)c4F)ccc2n3-c2c(F)c(F)c(F)c(F)c2F)c1F. The fraction of sp³-hybridized carbons (Fsp3) is 0.0323. The Hall–Kier alpha value is -5.08. The van der Waals surface area contributed by atoms with Crippen LogP contribution in [0, 0.1) is 88.4 Å². The molecule has 0 fully saturated rings. The Balaban J connectivity index is 1.78. The minimum atomic E-state index is -2.52. The van der Waals surface area contributed by atoms with Gasteiger partial charge in [0.1, 0.15) is 11.5 Å². The highest BCUT2D eigenvalue weighted by Gasteiger charge is 2.31. The maximum atomic E-state index is 15.0. The molecule has 0 spiro atoms.